The Labute approximate surface area is 214 Å². The van der Waals surface area contributed by atoms with Crippen LogP contribution in [0, 0.1) is 5.82 Å². The van der Waals surface area contributed by atoms with Crippen molar-refractivity contribution >= 4 is 50.7 Å². The first-order chi connectivity index (χ1) is 16.9. The van der Waals surface area contributed by atoms with Gasteiger partial charge in [-0.15, -0.1) is 0 Å². The number of amidine groups is 1. The summed E-state index contributed by atoms with van der Waals surface area (Å²) in [4.78, 5) is 29.2. The Bertz CT molecular complexity index is 1330. The number of aliphatic imine (C=N–C) groups is 1. The first-order valence-corrected chi connectivity index (χ1v) is 12.3. The average Bonchev–Trinajstić information content (AvgIpc) is 3.18. The van der Waals surface area contributed by atoms with Gasteiger partial charge in [0.2, 0.25) is 0 Å². The number of ether oxygens (including phenoxy) is 2. The molecule has 0 aromatic heterocycles. The van der Waals surface area contributed by atoms with Crippen LogP contribution in [0.1, 0.15) is 28.4 Å². The van der Waals surface area contributed by atoms with Crippen LogP contribution in [0.3, 0.4) is 0 Å². The maximum absolute atomic E-state index is 14.0. The highest BCUT2D eigenvalue weighted by molar-refractivity contribution is 9.10. The maximum Gasteiger partial charge on any atom is 0.279 e. The van der Waals surface area contributed by atoms with E-state index in [1.54, 1.807) is 60.7 Å². The van der Waals surface area contributed by atoms with Gasteiger partial charge in [-0.25, -0.2) is 4.39 Å². The fourth-order valence-electron chi connectivity index (χ4n) is 3.21. The first-order valence-electron chi connectivity index (χ1n) is 10.7. The van der Waals surface area contributed by atoms with Gasteiger partial charge in [-0.05, 0) is 76.6 Å². The number of rotatable bonds is 7. The Hall–Kier alpha value is -3.43. The zero-order valence-electron chi connectivity index (χ0n) is 18.6. The molecule has 0 unspecified atom stereocenters. The summed E-state index contributed by atoms with van der Waals surface area (Å²) < 4.78 is 26.2. The summed E-state index contributed by atoms with van der Waals surface area (Å²) in [6.45, 7) is 2.25. The van der Waals surface area contributed by atoms with Crippen LogP contribution in [0.25, 0.3) is 6.08 Å². The van der Waals surface area contributed by atoms with Crippen LogP contribution in [0.15, 0.2) is 81.1 Å². The van der Waals surface area contributed by atoms with Crippen molar-refractivity contribution in [3.8, 4) is 11.5 Å². The topological polar surface area (TPSA) is 77.0 Å². The number of thioether (sulfide) groups is 1. The van der Waals surface area contributed by atoms with E-state index >= 15 is 0 Å². The summed E-state index contributed by atoms with van der Waals surface area (Å²) in [6, 6.07) is 18.5. The van der Waals surface area contributed by atoms with Gasteiger partial charge in [0.05, 0.1) is 16.0 Å². The normalized spacial score (nSPS) is 15.3. The second kappa shape index (κ2) is 11.3. The average molecular weight is 555 g/mol. The Morgan fingerprint density at radius 2 is 1.86 bits per heavy atom. The number of hydrogen-bond acceptors (Lipinski definition) is 5. The Kier molecular flexibility index (Phi) is 7.99. The van der Waals surface area contributed by atoms with Crippen LogP contribution in [0.2, 0.25) is 0 Å². The molecule has 178 valence electrons. The molecule has 0 bridgehead atoms. The van der Waals surface area contributed by atoms with Gasteiger partial charge in [0.25, 0.3) is 11.8 Å². The molecule has 0 atom stereocenters. The van der Waals surface area contributed by atoms with E-state index in [4.69, 9.17) is 9.47 Å². The molecular weight excluding hydrogens is 535 g/mol. The highest BCUT2D eigenvalue weighted by Crippen LogP contribution is 2.39. The van der Waals surface area contributed by atoms with Gasteiger partial charge in [0.15, 0.2) is 16.7 Å². The molecule has 1 fully saturated rings. The van der Waals surface area contributed by atoms with Gasteiger partial charge in [0, 0.05) is 11.1 Å². The standard InChI is InChI=1S/C26H20BrFN2O4S/c1-2-33-21-13-16(12-19(27)23(21)34-15-18-10-6-7-11-20(18)28)14-22-25(32)30-26(35-22)29-24(31)17-8-4-3-5-9-17/h3-14H,2,15H2,1H3,(H,29,30,31,32)/b22-14-. The van der Waals surface area contributed by atoms with E-state index in [0.717, 1.165) is 11.8 Å². The SMILES string of the molecule is CCOc1cc(/C=C2\SC(=NC(=O)c3ccccc3)NC2=O)cc(Br)c1OCc1ccccc1F. The summed E-state index contributed by atoms with van der Waals surface area (Å²) in [7, 11) is 0. The lowest BCUT2D eigenvalue weighted by molar-refractivity contribution is -0.115. The highest BCUT2D eigenvalue weighted by atomic mass is 79.9. The number of carbonyl (C=O) groups excluding carboxylic acids is 2. The summed E-state index contributed by atoms with van der Waals surface area (Å²) >= 11 is 4.57. The summed E-state index contributed by atoms with van der Waals surface area (Å²) in [6.07, 6.45) is 1.67. The zero-order chi connectivity index (χ0) is 24.8. The number of halogens is 2. The number of nitrogens with one attached hydrogen (secondary N) is 1. The molecule has 0 spiro atoms. The number of amides is 2. The first kappa shape index (κ1) is 24.7. The van der Waals surface area contributed by atoms with Gasteiger partial charge in [-0.3, -0.25) is 9.59 Å². The van der Waals surface area contributed by atoms with Crippen molar-refractivity contribution in [1.82, 2.24) is 5.32 Å². The molecular formula is C26H20BrFN2O4S. The molecule has 1 N–H and O–H groups in total. The van der Waals surface area contributed by atoms with Gasteiger partial charge in [-0.1, -0.05) is 36.4 Å². The third-order valence-corrected chi connectivity index (χ3v) is 6.33. The molecule has 3 aromatic carbocycles. The van der Waals surface area contributed by atoms with E-state index in [-0.39, 0.29) is 23.5 Å². The fraction of sp³-hybridized carbons (Fsp3) is 0.115. The largest absolute Gasteiger partial charge is 0.490 e. The Morgan fingerprint density at radius 1 is 1.11 bits per heavy atom. The lowest BCUT2D eigenvalue weighted by atomic mass is 10.1. The number of benzene rings is 3. The quantitative estimate of drug-likeness (QED) is 0.364. The monoisotopic (exact) mass is 554 g/mol. The van der Waals surface area contributed by atoms with Gasteiger partial charge in [-0.2, -0.15) is 4.99 Å². The van der Waals surface area contributed by atoms with E-state index in [1.807, 2.05) is 13.0 Å². The molecule has 3 aromatic rings. The lowest BCUT2D eigenvalue weighted by Gasteiger charge is -2.15. The van der Waals surface area contributed by atoms with Crippen molar-refractivity contribution in [3.05, 3.63) is 98.6 Å². The molecule has 9 heteroatoms. The molecule has 1 aliphatic rings. The predicted octanol–water partition coefficient (Wildman–Crippen LogP) is 5.97. The molecule has 1 aliphatic heterocycles. The molecule has 0 aliphatic carbocycles. The third-order valence-electron chi connectivity index (χ3n) is 4.83. The minimum atomic E-state index is -0.438. The smallest absolute Gasteiger partial charge is 0.279 e. The van der Waals surface area contributed by atoms with E-state index in [9.17, 15) is 14.0 Å². The fourth-order valence-corrected chi connectivity index (χ4v) is 4.60. The van der Waals surface area contributed by atoms with Crippen LogP contribution in [-0.4, -0.2) is 23.6 Å². The van der Waals surface area contributed by atoms with E-state index in [1.165, 1.54) is 6.07 Å². The van der Waals surface area contributed by atoms with Crippen LogP contribution in [-0.2, 0) is 11.4 Å². The van der Waals surface area contributed by atoms with Crippen molar-refractivity contribution in [2.45, 2.75) is 13.5 Å². The molecule has 1 heterocycles. The number of nitrogens with zero attached hydrogens (tertiary/aromatic N) is 1. The molecule has 4 rings (SSSR count). The summed E-state index contributed by atoms with van der Waals surface area (Å²) in [5, 5.41) is 2.83. The minimum Gasteiger partial charge on any atom is -0.490 e. The Morgan fingerprint density at radius 3 is 2.60 bits per heavy atom. The van der Waals surface area contributed by atoms with Crippen molar-refractivity contribution in [2.75, 3.05) is 6.61 Å². The third kappa shape index (κ3) is 6.17. The molecule has 0 saturated carbocycles. The van der Waals surface area contributed by atoms with Gasteiger partial charge in [0.1, 0.15) is 12.4 Å². The maximum atomic E-state index is 14.0. The van der Waals surface area contributed by atoms with Crippen LogP contribution >= 0.6 is 27.7 Å². The number of carbonyl (C=O) groups is 2. The molecule has 2 amide bonds. The van der Waals surface area contributed by atoms with E-state index in [0.29, 0.717) is 44.2 Å². The zero-order valence-corrected chi connectivity index (χ0v) is 21.0. The van der Waals surface area contributed by atoms with E-state index in [2.05, 4.69) is 26.2 Å². The van der Waals surface area contributed by atoms with Crippen LogP contribution in [0.4, 0.5) is 4.39 Å². The highest BCUT2D eigenvalue weighted by Gasteiger charge is 2.25. The molecule has 6 nitrogen and oxygen atoms in total. The Balaban J connectivity index is 1.55. The van der Waals surface area contributed by atoms with Gasteiger partial charge >= 0.3 is 0 Å². The lowest BCUT2D eigenvalue weighted by Crippen LogP contribution is -2.20. The van der Waals surface area contributed by atoms with E-state index < -0.39 is 5.91 Å². The summed E-state index contributed by atoms with van der Waals surface area (Å²) in [5.74, 6) is -0.274. The second-order valence-corrected chi connectivity index (χ2v) is 9.18. The van der Waals surface area contributed by atoms with Crippen molar-refractivity contribution in [3.63, 3.8) is 0 Å². The second-order valence-electron chi connectivity index (χ2n) is 7.30. The van der Waals surface area contributed by atoms with Gasteiger partial charge < -0.3 is 14.8 Å². The minimum absolute atomic E-state index is 0.0271. The van der Waals surface area contributed by atoms with Crippen molar-refractivity contribution < 1.29 is 23.5 Å². The summed E-state index contributed by atoms with van der Waals surface area (Å²) in [5.41, 5.74) is 1.53. The van der Waals surface area contributed by atoms with Crippen molar-refractivity contribution in [1.29, 1.82) is 0 Å². The molecule has 35 heavy (non-hydrogen) atoms. The van der Waals surface area contributed by atoms with Crippen molar-refractivity contribution in [2.24, 2.45) is 4.99 Å². The predicted molar refractivity (Wildman–Crippen MR) is 138 cm³/mol. The molecule has 1 saturated heterocycles. The van der Waals surface area contributed by atoms with Crippen LogP contribution < -0.4 is 14.8 Å². The van der Waals surface area contributed by atoms with Crippen LogP contribution in [0.5, 0.6) is 11.5 Å². The molecule has 0 radical (unpaired) electrons. The number of hydrogen-bond donors (Lipinski definition) is 1.